The maximum Gasteiger partial charge on any atom is 0.216 e. The van der Waals surface area contributed by atoms with Crippen molar-refractivity contribution in [2.45, 2.75) is 26.2 Å². The first-order valence-corrected chi connectivity index (χ1v) is 30.3. The molecule has 0 aromatic carbocycles. The molecule has 8 bridgehead atoms. The third-order valence-corrected chi connectivity index (χ3v) is 14.7. The number of rotatable bonds is 40. The Hall–Kier alpha value is -7.28. The summed E-state index contributed by atoms with van der Waals surface area (Å²) >= 11 is 0. The summed E-state index contributed by atoms with van der Waals surface area (Å²) in [5, 5.41) is 0. The molecule has 2 aliphatic heterocycles. The molecule has 0 unspecified atom stereocenters. The van der Waals surface area contributed by atoms with Gasteiger partial charge in [-0.3, -0.25) is 0 Å². The largest absolute Gasteiger partial charge is 0.382 e. The van der Waals surface area contributed by atoms with Crippen LogP contribution >= 0.6 is 0 Å². The maximum atomic E-state index is 6.16. The topological polar surface area (TPSA) is 184 Å². The van der Waals surface area contributed by atoms with Crippen molar-refractivity contribution >= 4 is 46.4 Å². The Morgan fingerprint density at radius 1 is 0.273 bits per heavy atom. The summed E-state index contributed by atoms with van der Waals surface area (Å²) in [5.74, 6) is 0. The Labute approximate surface area is 515 Å². The van der Waals surface area contributed by atoms with E-state index in [4.69, 9.17) is 66.8 Å². The molecule has 2 aliphatic rings. The molecule has 9 heterocycles. The van der Waals surface area contributed by atoms with E-state index in [2.05, 4.69) is 156 Å². The second-order valence-corrected chi connectivity index (χ2v) is 20.5. The molecule has 20 nitrogen and oxygen atoms in total. The van der Waals surface area contributed by atoms with Gasteiger partial charge < -0.3 is 66.8 Å². The van der Waals surface area contributed by atoms with Crippen LogP contribution in [0, 0.1) is 0 Å². The van der Waals surface area contributed by atoms with Crippen molar-refractivity contribution in [2.75, 3.05) is 161 Å². The summed E-state index contributed by atoms with van der Waals surface area (Å²) in [4.78, 5) is 19.3. The lowest BCUT2D eigenvalue weighted by molar-refractivity contribution is -0.688. The highest BCUT2D eigenvalue weighted by Crippen LogP contribution is 2.37. The normalized spacial score (nSPS) is 12.0. The summed E-state index contributed by atoms with van der Waals surface area (Å²) in [6, 6.07) is 33.7. The van der Waals surface area contributed by atoms with Gasteiger partial charge in [-0.25, -0.2) is 9.97 Å². The van der Waals surface area contributed by atoms with Crippen molar-refractivity contribution in [1.82, 2.24) is 19.9 Å². The van der Waals surface area contributed by atoms with Gasteiger partial charge in [0.1, 0.15) is 26.4 Å². The molecular weight excluding hydrogens is 1120 g/mol. The molecule has 0 amide bonds. The minimum atomic E-state index is 0.457. The van der Waals surface area contributed by atoms with Crippen LogP contribution in [-0.2, 0) is 83.0 Å². The molecule has 9 rings (SSSR count). The van der Waals surface area contributed by atoms with E-state index in [9.17, 15) is 0 Å². The third-order valence-electron chi connectivity index (χ3n) is 14.7. The maximum absolute atomic E-state index is 6.16. The summed E-state index contributed by atoms with van der Waals surface area (Å²) in [6.07, 6.45) is 16.8. The fourth-order valence-corrected chi connectivity index (χ4v) is 10.4. The Balaban J connectivity index is 1.24. The average molecular weight is 1210 g/mol. The first-order chi connectivity index (χ1) is 43.6. The lowest BCUT2D eigenvalue weighted by Gasteiger charge is -2.09. The predicted octanol–water partition coefficient (Wildman–Crippen LogP) is 7.19. The zero-order valence-electron chi connectivity index (χ0n) is 51.4. The van der Waals surface area contributed by atoms with Gasteiger partial charge in [-0.1, -0.05) is 0 Å². The van der Waals surface area contributed by atoms with Gasteiger partial charge in [0.2, 0.25) is 22.8 Å². The number of aromatic nitrogens is 8. The smallest absolute Gasteiger partial charge is 0.216 e. The van der Waals surface area contributed by atoms with E-state index in [0.717, 1.165) is 89.9 Å². The summed E-state index contributed by atoms with van der Waals surface area (Å²) in [6.45, 7) is 12.1. The summed E-state index contributed by atoms with van der Waals surface area (Å²) in [7, 11) is 6.67. The van der Waals surface area contributed by atoms with E-state index in [1.54, 1.807) is 28.4 Å². The van der Waals surface area contributed by atoms with E-state index in [0.29, 0.717) is 158 Å². The molecule has 0 radical (unpaired) electrons. The zero-order chi connectivity index (χ0) is 60.8. The molecule has 0 atom stereocenters. The standard InChI is InChI=1S/C68H85N8O12/c1-77-37-41-85-49-45-81-33-29-73-25-9-5-13-61(73)65-53-17-19-55(69-53)66(62-14-6-10-26-74(62)30-34-82-46-50-86-42-38-78-2)57-21-23-59(71-57)68(64-16-8-12-28-76(64)32-36-84-48-52-88-44-40-80-4)60-24-22-58(72-60)67(56-20-18-54(65)70-56)63-15-7-11-27-75(63)31-35-83-47-51-87-43-39-79-3/h5-28H,29-52H2,1-4H3,(H,69,70,71,72)/q+3/p+1. The molecule has 0 aliphatic carbocycles. The van der Waals surface area contributed by atoms with E-state index in [-0.39, 0.29) is 0 Å². The van der Waals surface area contributed by atoms with Crippen molar-refractivity contribution < 1.29 is 75.1 Å². The molecule has 0 saturated carbocycles. The lowest BCUT2D eigenvalue weighted by Crippen LogP contribution is -2.38. The first-order valence-electron chi connectivity index (χ1n) is 30.3. The number of nitrogens with zero attached hydrogens (tertiary/aromatic N) is 6. The van der Waals surface area contributed by atoms with E-state index in [1.165, 1.54) is 0 Å². The lowest BCUT2D eigenvalue weighted by atomic mass is 10.1. The SMILES string of the molecule is COCCOCCOCC[n+]1ccccc1-c1c2nc(c(-c3cccc[n+]3CCOCCOCCOC)c3ccc([nH]3)c(-c3cccc[n+]3CCOCCOCCOC)c3ccc([nH]3)c(-c3cccc[n+]3CCOCCOCCOC)c3nc1C=C3)C=C2. The van der Waals surface area contributed by atoms with Gasteiger partial charge in [-0.05, 0) is 72.8 Å². The third kappa shape index (κ3) is 18.4. The Morgan fingerprint density at radius 3 is 0.807 bits per heavy atom. The van der Waals surface area contributed by atoms with Crippen molar-refractivity contribution in [2.24, 2.45) is 0 Å². The second kappa shape index (κ2) is 36.3. The van der Waals surface area contributed by atoms with Gasteiger partial charge in [0.15, 0.2) is 51.0 Å². The molecular formula is C68H86N8O12+4. The van der Waals surface area contributed by atoms with Gasteiger partial charge in [0.25, 0.3) is 0 Å². The van der Waals surface area contributed by atoms with Crippen molar-refractivity contribution in [3.8, 4) is 45.0 Å². The van der Waals surface area contributed by atoms with Crippen molar-refractivity contribution in [3.63, 3.8) is 0 Å². The molecule has 0 spiro atoms. The summed E-state index contributed by atoms with van der Waals surface area (Å²) < 4.78 is 77.0. The van der Waals surface area contributed by atoms with Crippen LogP contribution in [0.25, 0.3) is 91.4 Å². The molecule has 0 saturated heterocycles. The molecule has 20 heteroatoms. The summed E-state index contributed by atoms with van der Waals surface area (Å²) in [5.41, 5.74) is 14.0. The van der Waals surface area contributed by atoms with E-state index >= 15 is 0 Å². The molecule has 7 aromatic heterocycles. The predicted molar refractivity (Wildman–Crippen MR) is 335 cm³/mol. The van der Waals surface area contributed by atoms with Gasteiger partial charge >= 0.3 is 0 Å². The number of pyridine rings is 4. The molecule has 466 valence electrons. The highest BCUT2D eigenvalue weighted by Gasteiger charge is 2.28. The number of H-pyrrole nitrogens is 2. The van der Waals surface area contributed by atoms with Crippen molar-refractivity contribution in [3.05, 3.63) is 145 Å². The van der Waals surface area contributed by atoms with Crippen LogP contribution in [0.3, 0.4) is 0 Å². The minimum Gasteiger partial charge on any atom is -0.382 e. The van der Waals surface area contributed by atoms with Gasteiger partial charge in [0, 0.05) is 77.0 Å². The number of nitrogens with one attached hydrogen (secondary N) is 2. The highest BCUT2D eigenvalue weighted by molar-refractivity contribution is 5.98. The number of hydrogen-bond acceptors (Lipinski definition) is 14. The van der Waals surface area contributed by atoms with Crippen LogP contribution < -0.4 is 18.3 Å². The van der Waals surface area contributed by atoms with Crippen LogP contribution in [0.5, 0.6) is 0 Å². The number of aromatic amines is 2. The molecule has 0 fully saturated rings. The number of hydrogen-bond donors (Lipinski definition) is 2. The van der Waals surface area contributed by atoms with Crippen molar-refractivity contribution in [1.29, 1.82) is 0 Å². The van der Waals surface area contributed by atoms with E-state index in [1.807, 2.05) is 18.2 Å². The monoisotopic (exact) mass is 1210 g/mol. The Kier molecular flexibility index (Phi) is 26.9. The van der Waals surface area contributed by atoms with Crippen LogP contribution in [0.2, 0.25) is 0 Å². The molecule has 2 N–H and O–H groups in total. The van der Waals surface area contributed by atoms with Gasteiger partial charge in [-0.15, -0.1) is 0 Å². The van der Waals surface area contributed by atoms with Gasteiger partial charge in [0.05, 0.1) is 173 Å². The Bertz CT molecular complexity index is 3350. The fourth-order valence-electron chi connectivity index (χ4n) is 10.4. The molecule has 7 aromatic rings. The number of methoxy groups -OCH3 is 4. The average Bonchev–Trinajstić information content (AvgIpc) is 2.56. The van der Waals surface area contributed by atoms with Crippen LogP contribution in [0.15, 0.2) is 122 Å². The van der Waals surface area contributed by atoms with Crippen LogP contribution in [-0.4, -0.2) is 181 Å². The number of fused-ring (bicyclic) bond motifs is 8. The first kappa shape index (κ1) is 65.2. The van der Waals surface area contributed by atoms with Crippen LogP contribution in [0.4, 0.5) is 0 Å². The molecule has 88 heavy (non-hydrogen) atoms. The van der Waals surface area contributed by atoms with Gasteiger partial charge in [-0.2, -0.15) is 18.3 Å². The van der Waals surface area contributed by atoms with E-state index < -0.39 is 0 Å². The quantitative estimate of drug-likeness (QED) is 0.0291. The fraction of sp³-hybridized carbons (Fsp3) is 0.412. The second-order valence-electron chi connectivity index (χ2n) is 20.5. The van der Waals surface area contributed by atoms with Crippen LogP contribution in [0.1, 0.15) is 22.8 Å². The highest BCUT2D eigenvalue weighted by atomic mass is 16.6. The Morgan fingerprint density at radius 2 is 0.511 bits per heavy atom. The zero-order valence-corrected chi connectivity index (χ0v) is 51.4. The number of ether oxygens (including phenoxy) is 12. The minimum absolute atomic E-state index is 0.457.